The van der Waals surface area contributed by atoms with Crippen LogP contribution in [0.25, 0.3) is 0 Å². The van der Waals surface area contributed by atoms with Crippen LogP contribution >= 0.6 is 0 Å². The van der Waals surface area contributed by atoms with Gasteiger partial charge in [0, 0.05) is 0 Å². The summed E-state index contributed by atoms with van der Waals surface area (Å²) in [7, 11) is -2.17. The molecule has 0 bridgehead atoms. The zero-order valence-electron chi connectivity index (χ0n) is 2.63. The Morgan fingerprint density at radius 3 is 1.00 bits per heavy atom. The van der Waals surface area contributed by atoms with Crippen LogP contribution in [0.3, 0.4) is 0 Å². The monoisotopic (exact) mass is 376 g/mol. The molecule has 7 heteroatoms. The first kappa shape index (κ1) is 23.0. The van der Waals surface area contributed by atoms with Crippen molar-refractivity contribution in [1.29, 1.82) is 0 Å². The van der Waals surface area contributed by atoms with Crippen LogP contribution in [0.2, 0.25) is 0 Å². The summed E-state index contributed by atoms with van der Waals surface area (Å²) in [6.45, 7) is 0. The Morgan fingerprint density at radius 2 is 1.00 bits per heavy atom. The van der Waals surface area contributed by atoms with E-state index in [1.807, 2.05) is 0 Å². The number of hydrogen-bond acceptors (Lipinski definition) is 3. The van der Waals surface area contributed by atoms with E-state index in [9.17, 15) is 0 Å². The first-order valence-corrected chi connectivity index (χ1v) is 0.775. The molecule has 0 fully saturated rings. The molecule has 0 saturated carbocycles. The van der Waals surface area contributed by atoms with Crippen molar-refractivity contribution < 1.29 is 15.1 Å². The van der Waals surface area contributed by atoms with Gasteiger partial charge in [-0.1, -0.05) is 0 Å². The van der Waals surface area contributed by atoms with Gasteiger partial charge in [0.2, 0.25) is 0 Å². The quantitative estimate of drug-likeness (QED) is 0.370. The van der Waals surface area contributed by atoms with Gasteiger partial charge >= 0.3 is 53.3 Å². The topological polar surface area (TPSA) is 60.7 Å². The summed E-state index contributed by atoms with van der Waals surface area (Å²) >= 11 is 0. The second-order valence-corrected chi connectivity index (χ2v) is 0.346. The third-order valence-corrected chi connectivity index (χ3v) is 0. The molecule has 44 valence electrons. The molecule has 0 aromatic carbocycles. The Kier molecular flexibility index (Phi) is 51.6. The van der Waals surface area contributed by atoms with E-state index in [2.05, 4.69) is 0 Å². The minimum absolute atomic E-state index is 0. The van der Waals surface area contributed by atoms with Crippen LogP contribution < -0.4 is 0 Å². The van der Waals surface area contributed by atoms with E-state index in [1.54, 1.807) is 0 Å². The van der Waals surface area contributed by atoms with E-state index in [4.69, 9.17) is 15.1 Å². The molecule has 0 aromatic heterocycles. The molecule has 0 aliphatic carbocycles. The normalized spacial score (nSPS) is 3.86. The number of hydrogen-bond donors (Lipinski definition) is 3. The van der Waals surface area contributed by atoms with Crippen LogP contribution in [0.15, 0.2) is 0 Å². The fraction of sp³-hybridized carbons (Fsp3) is 0. The van der Waals surface area contributed by atoms with Gasteiger partial charge in [-0.2, -0.15) is 0 Å². The zero-order valence-corrected chi connectivity index (χ0v) is 8.12. The SMILES string of the molecule is OB(O)O.[AlH3].[BiH3].[GaH3]. The molecular weight excluding hydrogens is 364 g/mol. The first-order chi connectivity index (χ1) is 1.73. The van der Waals surface area contributed by atoms with Crippen LogP contribution in [0.1, 0.15) is 0 Å². The molecule has 0 aromatic rings. The Hall–Kier alpha value is 2.00. The van der Waals surface area contributed by atoms with Gasteiger partial charge < -0.3 is 15.1 Å². The fourth-order valence-corrected chi connectivity index (χ4v) is 0. The van der Waals surface area contributed by atoms with Crippen LogP contribution in [-0.4, -0.2) is 85.7 Å². The predicted octanol–water partition coefficient (Wildman–Crippen LogP) is -5.60. The minimum atomic E-state index is -2.17. The van der Waals surface area contributed by atoms with E-state index in [1.165, 1.54) is 0 Å². The Morgan fingerprint density at radius 1 is 1.00 bits per heavy atom. The maximum absolute atomic E-state index is 7.17. The van der Waals surface area contributed by atoms with Crippen LogP contribution in [0.5, 0.6) is 0 Å². The molecule has 0 rings (SSSR count). The second kappa shape index (κ2) is 15.7. The van der Waals surface area contributed by atoms with Crippen molar-refractivity contribution in [3.63, 3.8) is 0 Å². The van der Waals surface area contributed by atoms with Crippen LogP contribution in [0.4, 0.5) is 0 Å². The Labute approximate surface area is 85.0 Å². The third-order valence-electron chi connectivity index (χ3n) is 0. The number of rotatable bonds is 0. The average Bonchev–Trinajstić information content (AvgIpc) is 0.811. The van der Waals surface area contributed by atoms with Crippen molar-refractivity contribution in [3.05, 3.63) is 0 Å². The van der Waals surface area contributed by atoms with Crippen molar-refractivity contribution >= 4 is 70.7 Å². The molecule has 0 atom stereocenters. The van der Waals surface area contributed by atoms with Gasteiger partial charge in [-0.15, -0.1) is 0 Å². The van der Waals surface area contributed by atoms with Crippen molar-refractivity contribution in [1.82, 2.24) is 0 Å². The summed E-state index contributed by atoms with van der Waals surface area (Å²) in [6, 6.07) is 0. The Balaban J connectivity index is -0.0000000150. The summed E-state index contributed by atoms with van der Waals surface area (Å²) in [5, 5.41) is 21.5. The zero-order chi connectivity index (χ0) is 3.58. The van der Waals surface area contributed by atoms with Crippen molar-refractivity contribution in [2.24, 2.45) is 0 Å². The Bertz CT molecular complexity index is 19.7. The summed E-state index contributed by atoms with van der Waals surface area (Å²) in [6.07, 6.45) is 0. The summed E-state index contributed by atoms with van der Waals surface area (Å²) in [5.41, 5.74) is 0. The second-order valence-electron chi connectivity index (χ2n) is 0.346. The average molecular weight is 377 g/mol. The molecule has 0 aliphatic heterocycles. The molecule has 7 heavy (non-hydrogen) atoms. The van der Waals surface area contributed by atoms with Crippen LogP contribution in [0, 0.1) is 0 Å². The van der Waals surface area contributed by atoms with Gasteiger partial charge in [0.15, 0.2) is 17.4 Å². The van der Waals surface area contributed by atoms with Gasteiger partial charge in [0.1, 0.15) is 0 Å². The van der Waals surface area contributed by atoms with E-state index < -0.39 is 7.32 Å². The van der Waals surface area contributed by atoms with Crippen molar-refractivity contribution in [2.75, 3.05) is 0 Å². The molecule has 0 saturated heterocycles. The maximum atomic E-state index is 7.17. The van der Waals surface area contributed by atoms with Gasteiger partial charge in [-0.3, -0.25) is 0 Å². The van der Waals surface area contributed by atoms with Crippen LogP contribution in [-0.2, 0) is 0 Å². The van der Waals surface area contributed by atoms with E-state index >= 15 is 0 Å². The van der Waals surface area contributed by atoms with E-state index in [0.29, 0.717) is 0 Å². The standard InChI is InChI=1S/Al.BH3O3.Bi.Ga.9H/c;2-1(3)4;;;;;;;;;;;/h;2-4H;;;;;;;;;;;. The summed E-state index contributed by atoms with van der Waals surface area (Å²) in [5.74, 6) is 0. The fourth-order valence-electron chi connectivity index (χ4n) is 0. The molecule has 0 unspecified atom stereocenters. The van der Waals surface area contributed by atoms with Crippen molar-refractivity contribution in [2.45, 2.75) is 0 Å². The summed E-state index contributed by atoms with van der Waals surface area (Å²) < 4.78 is 0. The molecule has 0 spiro atoms. The van der Waals surface area contributed by atoms with Gasteiger partial charge in [-0.05, 0) is 0 Å². The van der Waals surface area contributed by atoms with Crippen molar-refractivity contribution in [3.8, 4) is 0 Å². The van der Waals surface area contributed by atoms with Gasteiger partial charge in [0.25, 0.3) is 0 Å². The first-order valence-electron chi connectivity index (χ1n) is 0.775. The molecule has 0 heterocycles. The third kappa shape index (κ3) is 72.1. The molecule has 0 amide bonds. The molecular formula is H12AlBBiGaO3. The predicted molar refractivity (Wildman–Crippen MR) is 42.2 cm³/mol. The molecule has 3 nitrogen and oxygen atoms in total. The van der Waals surface area contributed by atoms with E-state index in [0.717, 1.165) is 0 Å². The summed E-state index contributed by atoms with van der Waals surface area (Å²) in [4.78, 5) is 0. The van der Waals surface area contributed by atoms with Gasteiger partial charge in [-0.25, -0.2) is 0 Å². The molecule has 0 aliphatic rings. The van der Waals surface area contributed by atoms with Gasteiger partial charge in [0.05, 0.1) is 0 Å². The molecule has 3 N–H and O–H groups in total. The van der Waals surface area contributed by atoms with E-state index in [-0.39, 0.29) is 63.4 Å². The molecule has 0 radical (unpaired) electrons.